The molecule has 2 aromatic heterocycles. The second-order valence-electron chi connectivity index (χ2n) is 7.97. The molecule has 10 heteroatoms. The molecule has 2 aromatic rings. The zero-order chi connectivity index (χ0) is 23.3. The Bertz CT molecular complexity index is 944. The molecule has 7 nitrogen and oxygen atoms in total. The normalized spacial score (nSPS) is 15.8. The fourth-order valence-electron chi connectivity index (χ4n) is 3.44. The lowest BCUT2D eigenvalue weighted by Crippen LogP contribution is -2.45. The summed E-state index contributed by atoms with van der Waals surface area (Å²) < 4.78 is 39.6. The van der Waals surface area contributed by atoms with Crippen molar-refractivity contribution in [2.75, 3.05) is 18.0 Å². The number of halogens is 3. The molecule has 1 saturated heterocycles. The molecular weight excluding hydrogens is 423 g/mol. The van der Waals surface area contributed by atoms with Crippen LogP contribution >= 0.6 is 0 Å². The van der Waals surface area contributed by atoms with Crippen LogP contribution < -0.4 is 15.5 Å². The summed E-state index contributed by atoms with van der Waals surface area (Å²) >= 11 is 0. The topological polar surface area (TPSA) is 87.2 Å². The molecular formula is C22H26F3N5O2. The van der Waals surface area contributed by atoms with Crippen LogP contribution in [0.25, 0.3) is 0 Å². The van der Waals surface area contributed by atoms with Crippen molar-refractivity contribution in [1.29, 1.82) is 0 Å². The largest absolute Gasteiger partial charge is 0.433 e. The Kier molecular flexibility index (Phi) is 7.32. The molecule has 0 radical (unpaired) electrons. The quantitative estimate of drug-likeness (QED) is 0.708. The number of nitrogens with zero attached hydrogens (tertiary/aromatic N) is 3. The minimum atomic E-state index is -4.55. The van der Waals surface area contributed by atoms with Crippen molar-refractivity contribution in [3.8, 4) is 0 Å². The summed E-state index contributed by atoms with van der Waals surface area (Å²) in [5.41, 5.74) is -0.290. The summed E-state index contributed by atoms with van der Waals surface area (Å²) in [6.07, 6.45) is -1.36. The maximum absolute atomic E-state index is 13.2. The van der Waals surface area contributed by atoms with E-state index >= 15 is 0 Å². The molecule has 1 atom stereocenters. The molecule has 0 saturated carbocycles. The average Bonchev–Trinajstić information content (AvgIpc) is 2.77. The fourth-order valence-corrected chi connectivity index (χ4v) is 3.44. The van der Waals surface area contributed by atoms with Gasteiger partial charge < -0.3 is 15.5 Å². The van der Waals surface area contributed by atoms with Gasteiger partial charge in [-0.2, -0.15) is 13.2 Å². The zero-order valence-corrected chi connectivity index (χ0v) is 17.9. The number of pyridine rings is 2. The van der Waals surface area contributed by atoms with Crippen LogP contribution in [-0.4, -0.2) is 40.9 Å². The number of aromatic nitrogens is 2. The van der Waals surface area contributed by atoms with Crippen molar-refractivity contribution in [2.24, 2.45) is 5.92 Å². The van der Waals surface area contributed by atoms with Crippen molar-refractivity contribution >= 4 is 17.6 Å². The van der Waals surface area contributed by atoms with Gasteiger partial charge in [-0.1, -0.05) is 19.1 Å². The van der Waals surface area contributed by atoms with Gasteiger partial charge in [0.15, 0.2) is 0 Å². The molecule has 3 heterocycles. The number of rotatable bonds is 6. The third-order valence-corrected chi connectivity index (χ3v) is 5.42. The van der Waals surface area contributed by atoms with Gasteiger partial charge in [0.1, 0.15) is 23.2 Å². The molecule has 1 fully saturated rings. The highest BCUT2D eigenvalue weighted by atomic mass is 19.4. The van der Waals surface area contributed by atoms with Crippen LogP contribution in [0.5, 0.6) is 0 Å². The maximum atomic E-state index is 13.2. The van der Waals surface area contributed by atoms with Crippen molar-refractivity contribution in [3.63, 3.8) is 0 Å². The van der Waals surface area contributed by atoms with Gasteiger partial charge in [-0.05, 0) is 43.9 Å². The summed E-state index contributed by atoms with van der Waals surface area (Å²) in [4.78, 5) is 34.3. The average molecular weight is 449 g/mol. The second kappa shape index (κ2) is 9.97. The van der Waals surface area contributed by atoms with Crippen LogP contribution in [0.3, 0.4) is 0 Å². The van der Waals surface area contributed by atoms with Crippen LogP contribution in [0.1, 0.15) is 48.4 Å². The molecule has 0 aromatic carbocycles. The van der Waals surface area contributed by atoms with E-state index < -0.39 is 29.7 Å². The minimum Gasteiger partial charge on any atom is -0.356 e. The van der Waals surface area contributed by atoms with Crippen molar-refractivity contribution in [3.05, 3.63) is 53.5 Å². The lowest BCUT2D eigenvalue weighted by molar-refractivity contribution is -0.141. The first-order chi connectivity index (χ1) is 15.1. The molecule has 2 amide bonds. The Labute approximate surface area is 184 Å². The molecule has 0 spiro atoms. The van der Waals surface area contributed by atoms with Gasteiger partial charge >= 0.3 is 6.18 Å². The van der Waals surface area contributed by atoms with E-state index in [0.29, 0.717) is 24.6 Å². The first-order valence-electron chi connectivity index (χ1n) is 10.5. The fraction of sp³-hybridized carbons (Fsp3) is 0.455. The van der Waals surface area contributed by atoms with Crippen LogP contribution in [0.2, 0.25) is 0 Å². The summed E-state index contributed by atoms with van der Waals surface area (Å²) in [5.74, 6) is -0.221. The lowest BCUT2D eigenvalue weighted by Gasteiger charge is -2.33. The Hall–Kier alpha value is -3.17. The Morgan fingerprint density at radius 1 is 1.19 bits per heavy atom. The second-order valence-corrected chi connectivity index (χ2v) is 7.97. The molecule has 0 aliphatic carbocycles. The van der Waals surface area contributed by atoms with Crippen molar-refractivity contribution in [2.45, 2.75) is 45.5 Å². The SMILES string of the molecule is CC1CCN(c2nc(C(F)(F)F)ccc2CNC(=O)C(C)NC(=O)c2ccccn2)CC1. The standard InChI is InChI=1S/C22H26F3N5O2/c1-14-8-11-30(12-9-14)19-16(6-7-18(29-19)22(23,24)25)13-27-20(31)15(2)28-21(32)17-5-3-4-10-26-17/h3-7,10,14-15H,8-9,11-13H2,1-2H3,(H,27,31)(H,28,32). The van der Waals surface area contributed by atoms with E-state index in [0.717, 1.165) is 18.9 Å². The van der Waals surface area contributed by atoms with Crippen LogP contribution in [0.15, 0.2) is 36.5 Å². The van der Waals surface area contributed by atoms with E-state index in [1.54, 1.807) is 12.1 Å². The smallest absolute Gasteiger partial charge is 0.356 e. The first-order valence-corrected chi connectivity index (χ1v) is 10.5. The number of carbonyl (C=O) groups excluding carboxylic acids is 2. The third kappa shape index (κ3) is 5.95. The third-order valence-electron chi connectivity index (χ3n) is 5.42. The zero-order valence-electron chi connectivity index (χ0n) is 17.9. The molecule has 1 aliphatic rings. The van der Waals surface area contributed by atoms with E-state index in [2.05, 4.69) is 27.5 Å². The number of anilines is 1. The summed E-state index contributed by atoms with van der Waals surface area (Å²) in [5, 5.41) is 5.24. The molecule has 2 N–H and O–H groups in total. The van der Waals surface area contributed by atoms with Gasteiger partial charge in [0.2, 0.25) is 5.91 Å². The Balaban J connectivity index is 1.69. The van der Waals surface area contributed by atoms with Crippen LogP contribution in [0.4, 0.5) is 19.0 Å². The van der Waals surface area contributed by atoms with Crippen molar-refractivity contribution < 1.29 is 22.8 Å². The Morgan fingerprint density at radius 2 is 1.91 bits per heavy atom. The van der Waals surface area contributed by atoms with Gasteiger partial charge in [-0.15, -0.1) is 0 Å². The van der Waals surface area contributed by atoms with E-state index in [1.165, 1.54) is 25.3 Å². The maximum Gasteiger partial charge on any atom is 0.433 e. The monoisotopic (exact) mass is 449 g/mol. The summed E-state index contributed by atoms with van der Waals surface area (Å²) in [7, 11) is 0. The predicted molar refractivity (Wildman–Crippen MR) is 113 cm³/mol. The molecule has 32 heavy (non-hydrogen) atoms. The van der Waals surface area contributed by atoms with Gasteiger partial charge in [-0.3, -0.25) is 14.6 Å². The minimum absolute atomic E-state index is 0.00481. The summed E-state index contributed by atoms with van der Waals surface area (Å²) in [6.45, 7) is 4.84. The van der Waals surface area contributed by atoms with E-state index in [1.807, 2.05) is 4.90 Å². The highest BCUT2D eigenvalue weighted by molar-refractivity contribution is 5.95. The van der Waals surface area contributed by atoms with E-state index in [9.17, 15) is 22.8 Å². The lowest BCUT2D eigenvalue weighted by atomic mass is 9.99. The Morgan fingerprint density at radius 3 is 2.53 bits per heavy atom. The molecule has 1 aliphatic heterocycles. The number of hydrogen-bond donors (Lipinski definition) is 2. The summed E-state index contributed by atoms with van der Waals surface area (Å²) in [6, 6.07) is 6.27. The van der Waals surface area contributed by atoms with Gasteiger partial charge in [0.05, 0.1) is 0 Å². The van der Waals surface area contributed by atoms with Gasteiger partial charge in [0.25, 0.3) is 5.91 Å². The van der Waals surface area contributed by atoms with Crippen LogP contribution in [-0.2, 0) is 17.5 Å². The van der Waals surface area contributed by atoms with Crippen LogP contribution in [0, 0.1) is 5.92 Å². The van der Waals surface area contributed by atoms with Crippen molar-refractivity contribution in [1.82, 2.24) is 20.6 Å². The number of nitrogens with one attached hydrogen (secondary N) is 2. The van der Waals surface area contributed by atoms with Gasteiger partial charge in [0, 0.05) is 31.4 Å². The number of amides is 2. The molecule has 0 bridgehead atoms. The predicted octanol–water partition coefficient (Wildman–Crippen LogP) is 3.17. The highest BCUT2D eigenvalue weighted by Gasteiger charge is 2.34. The number of piperidine rings is 1. The molecule has 3 rings (SSSR count). The number of carbonyl (C=O) groups is 2. The van der Waals surface area contributed by atoms with Gasteiger partial charge in [-0.25, -0.2) is 4.98 Å². The number of alkyl halides is 3. The molecule has 1 unspecified atom stereocenters. The number of hydrogen-bond acceptors (Lipinski definition) is 5. The first kappa shape index (κ1) is 23.5. The van der Waals surface area contributed by atoms with E-state index in [4.69, 9.17) is 0 Å². The van der Waals surface area contributed by atoms with E-state index in [-0.39, 0.29) is 18.1 Å². The highest BCUT2D eigenvalue weighted by Crippen LogP contribution is 2.32. The molecule has 172 valence electrons.